The quantitative estimate of drug-likeness (QED) is 0.564. The molecular formula is C16H10F2N4. The minimum atomic E-state index is -2.48. The van der Waals surface area contributed by atoms with Crippen LogP contribution in [0.5, 0.6) is 0 Å². The topological polar surface area (TPSA) is 43.1 Å². The van der Waals surface area contributed by atoms with Crippen molar-refractivity contribution in [2.45, 2.75) is 6.43 Å². The van der Waals surface area contributed by atoms with Crippen molar-refractivity contribution in [2.75, 3.05) is 0 Å². The molecule has 0 aliphatic heterocycles. The number of halogens is 2. The average molecular weight is 296 g/mol. The van der Waals surface area contributed by atoms with Crippen molar-refractivity contribution in [2.24, 2.45) is 0 Å². The van der Waals surface area contributed by atoms with Crippen molar-refractivity contribution in [1.29, 1.82) is 0 Å². The highest BCUT2D eigenvalue weighted by Crippen LogP contribution is 2.24. The second-order valence-electron chi connectivity index (χ2n) is 4.89. The van der Waals surface area contributed by atoms with Crippen LogP contribution in [-0.2, 0) is 0 Å². The summed E-state index contributed by atoms with van der Waals surface area (Å²) in [5, 5.41) is 5.26. The normalized spacial score (nSPS) is 11.6. The minimum Gasteiger partial charge on any atom is -0.236 e. The third-order valence-corrected chi connectivity index (χ3v) is 3.50. The molecule has 0 saturated heterocycles. The molecule has 0 amide bonds. The van der Waals surface area contributed by atoms with Gasteiger partial charge in [0.15, 0.2) is 11.5 Å². The Labute approximate surface area is 124 Å². The van der Waals surface area contributed by atoms with E-state index in [0.717, 1.165) is 10.9 Å². The van der Waals surface area contributed by atoms with E-state index < -0.39 is 6.43 Å². The first kappa shape index (κ1) is 12.8. The lowest BCUT2D eigenvalue weighted by molar-refractivity contribution is 0.151. The Morgan fingerprint density at radius 2 is 1.73 bits per heavy atom. The molecule has 0 unspecified atom stereocenters. The number of hydrogen-bond donors (Lipinski definition) is 0. The molecule has 0 N–H and O–H groups in total. The van der Waals surface area contributed by atoms with Crippen molar-refractivity contribution < 1.29 is 8.78 Å². The number of fused-ring (bicyclic) bond motifs is 3. The third kappa shape index (κ3) is 2.00. The summed E-state index contributed by atoms with van der Waals surface area (Å²) in [4.78, 5) is 8.82. The van der Waals surface area contributed by atoms with E-state index in [1.54, 1.807) is 23.0 Å². The summed E-state index contributed by atoms with van der Waals surface area (Å²) in [7, 11) is 0. The molecule has 2 heterocycles. The summed E-state index contributed by atoms with van der Waals surface area (Å²) in [6, 6.07) is 13.6. The van der Waals surface area contributed by atoms with Crippen LogP contribution in [0, 0.1) is 0 Å². The van der Waals surface area contributed by atoms with E-state index in [0.29, 0.717) is 17.0 Å². The van der Waals surface area contributed by atoms with Gasteiger partial charge >= 0.3 is 0 Å². The maximum atomic E-state index is 12.6. The zero-order valence-corrected chi connectivity index (χ0v) is 11.3. The van der Waals surface area contributed by atoms with Crippen LogP contribution in [0.1, 0.15) is 12.0 Å². The summed E-state index contributed by atoms with van der Waals surface area (Å²) in [5.74, 6) is 0.485. The molecule has 22 heavy (non-hydrogen) atoms. The second kappa shape index (κ2) is 4.84. The Kier molecular flexibility index (Phi) is 2.82. The summed E-state index contributed by atoms with van der Waals surface area (Å²) in [6.45, 7) is 0. The standard InChI is InChI=1S/C16H10F2N4/c17-14(18)10-5-7-11(8-6-10)15-20-16-12-3-1-2-4-13(12)19-9-22(16)21-15/h1-9,14H. The zero-order valence-electron chi connectivity index (χ0n) is 11.3. The van der Waals surface area contributed by atoms with Crippen LogP contribution < -0.4 is 0 Å². The summed E-state index contributed by atoms with van der Waals surface area (Å²) in [5.41, 5.74) is 2.21. The van der Waals surface area contributed by atoms with Gasteiger partial charge < -0.3 is 0 Å². The van der Waals surface area contributed by atoms with Crippen LogP contribution in [0.3, 0.4) is 0 Å². The predicted molar refractivity (Wildman–Crippen MR) is 78.7 cm³/mol. The SMILES string of the molecule is FC(F)c1ccc(-c2nc3c4ccccc4ncn3n2)cc1. The molecule has 4 nitrogen and oxygen atoms in total. The van der Waals surface area contributed by atoms with Crippen LogP contribution in [0.25, 0.3) is 27.9 Å². The second-order valence-corrected chi connectivity index (χ2v) is 4.89. The number of para-hydroxylation sites is 1. The Hall–Kier alpha value is -2.89. The van der Waals surface area contributed by atoms with Crippen molar-refractivity contribution in [3.63, 3.8) is 0 Å². The van der Waals surface area contributed by atoms with Crippen molar-refractivity contribution in [3.05, 3.63) is 60.4 Å². The van der Waals surface area contributed by atoms with Gasteiger partial charge in [0, 0.05) is 16.5 Å². The first-order valence-electron chi connectivity index (χ1n) is 6.71. The lowest BCUT2D eigenvalue weighted by Crippen LogP contribution is -1.90. The van der Waals surface area contributed by atoms with E-state index in [-0.39, 0.29) is 5.56 Å². The fourth-order valence-corrected chi connectivity index (χ4v) is 2.38. The van der Waals surface area contributed by atoms with Crippen LogP contribution in [-0.4, -0.2) is 19.6 Å². The Morgan fingerprint density at radius 3 is 2.50 bits per heavy atom. The molecule has 2 aromatic carbocycles. The fourth-order valence-electron chi connectivity index (χ4n) is 2.38. The maximum absolute atomic E-state index is 12.6. The van der Waals surface area contributed by atoms with E-state index in [1.807, 2.05) is 24.3 Å². The first-order chi connectivity index (χ1) is 10.7. The van der Waals surface area contributed by atoms with Gasteiger partial charge in [-0.05, 0) is 12.1 Å². The number of benzene rings is 2. The fraction of sp³-hybridized carbons (Fsp3) is 0.0625. The molecule has 0 bridgehead atoms. The van der Waals surface area contributed by atoms with Crippen molar-refractivity contribution in [3.8, 4) is 11.4 Å². The van der Waals surface area contributed by atoms with Gasteiger partial charge in [0.2, 0.25) is 0 Å². The minimum absolute atomic E-state index is 0.0142. The van der Waals surface area contributed by atoms with Gasteiger partial charge in [-0.3, -0.25) is 0 Å². The molecule has 0 saturated carbocycles. The summed E-state index contributed by atoms with van der Waals surface area (Å²) < 4.78 is 26.8. The zero-order chi connectivity index (χ0) is 15.1. The number of rotatable bonds is 2. The number of nitrogens with zero attached hydrogens (tertiary/aromatic N) is 4. The number of alkyl halides is 2. The molecule has 108 valence electrons. The molecule has 0 aliphatic carbocycles. The molecule has 0 radical (unpaired) electrons. The first-order valence-corrected chi connectivity index (χ1v) is 6.71. The molecule has 6 heteroatoms. The van der Waals surface area contributed by atoms with Crippen molar-refractivity contribution in [1.82, 2.24) is 19.6 Å². The summed E-state index contributed by atoms with van der Waals surface area (Å²) >= 11 is 0. The molecular weight excluding hydrogens is 286 g/mol. The van der Waals surface area contributed by atoms with Gasteiger partial charge in [-0.1, -0.05) is 36.4 Å². The molecule has 0 fully saturated rings. The van der Waals surface area contributed by atoms with E-state index >= 15 is 0 Å². The van der Waals surface area contributed by atoms with E-state index in [1.165, 1.54) is 12.1 Å². The summed E-state index contributed by atoms with van der Waals surface area (Å²) in [6.07, 6.45) is -0.877. The van der Waals surface area contributed by atoms with Gasteiger partial charge in [-0.15, -0.1) is 5.10 Å². The highest BCUT2D eigenvalue weighted by atomic mass is 19.3. The van der Waals surface area contributed by atoms with E-state index in [4.69, 9.17) is 0 Å². The average Bonchev–Trinajstić information content (AvgIpc) is 2.99. The molecule has 0 spiro atoms. The van der Waals surface area contributed by atoms with Crippen molar-refractivity contribution >= 4 is 16.6 Å². The molecule has 2 aromatic heterocycles. The molecule has 0 atom stereocenters. The predicted octanol–water partition coefficient (Wildman–Crippen LogP) is 3.88. The smallest absolute Gasteiger partial charge is 0.236 e. The largest absolute Gasteiger partial charge is 0.263 e. The van der Waals surface area contributed by atoms with Gasteiger partial charge in [0.05, 0.1) is 5.52 Å². The number of aromatic nitrogens is 4. The van der Waals surface area contributed by atoms with Crippen LogP contribution >= 0.6 is 0 Å². The highest BCUT2D eigenvalue weighted by Gasteiger charge is 2.11. The highest BCUT2D eigenvalue weighted by molar-refractivity contribution is 5.91. The monoisotopic (exact) mass is 296 g/mol. The lowest BCUT2D eigenvalue weighted by atomic mass is 10.1. The lowest BCUT2D eigenvalue weighted by Gasteiger charge is -1.99. The third-order valence-electron chi connectivity index (χ3n) is 3.50. The Morgan fingerprint density at radius 1 is 0.955 bits per heavy atom. The van der Waals surface area contributed by atoms with E-state index in [2.05, 4.69) is 15.1 Å². The van der Waals surface area contributed by atoms with Crippen LogP contribution in [0.2, 0.25) is 0 Å². The van der Waals surface area contributed by atoms with Gasteiger partial charge in [0.1, 0.15) is 6.33 Å². The van der Waals surface area contributed by atoms with Gasteiger partial charge in [-0.2, -0.15) is 0 Å². The Balaban J connectivity index is 1.87. The molecule has 4 aromatic rings. The number of hydrogen-bond acceptors (Lipinski definition) is 3. The molecule has 0 aliphatic rings. The van der Waals surface area contributed by atoms with Crippen LogP contribution in [0.15, 0.2) is 54.9 Å². The van der Waals surface area contributed by atoms with E-state index in [9.17, 15) is 8.78 Å². The van der Waals surface area contributed by atoms with Gasteiger partial charge in [0.25, 0.3) is 6.43 Å². The Bertz CT molecular complexity index is 961. The molecule has 4 rings (SSSR count). The van der Waals surface area contributed by atoms with Crippen LogP contribution in [0.4, 0.5) is 8.78 Å². The van der Waals surface area contributed by atoms with Gasteiger partial charge in [-0.25, -0.2) is 23.3 Å². The maximum Gasteiger partial charge on any atom is 0.263 e.